The summed E-state index contributed by atoms with van der Waals surface area (Å²) in [5, 5.41) is 0. The highest BCUT2D eigenvalue weighted by Crippen LogP contribution is 2.23. The lowest BCUT2D eigenvalue weighted by atomic mass is 10.0. The minimum absolute atomic E-state index is 0.0668. The Morgan fingerprint density at radius 2 is 2.11 bits per heavy atom. The molecule has 0 radical (unpaired) electrons. The lowest BCUT2D eigenvalue weighted by molar-refractivity contribution is -0.127. The van der Waals surface area contributed by atoms with Gasteiger partial charge in [0.1, 0.15) is 0 Å². The number of nitrogens with zero attached hydrogens (tertiary/aromatic N) is 1. The van der Waals surface area contributed by atoms with Crippen molar-refractivity contribution in [1.82, 2.24) is 4.90 Å². The van der Waals surface area contributed by atoms with Crippen LogP contribution in [0.4, 0.5) is 0 Å². The molecular weight excluding hydrogens is 238 g/mol. The number of ketones is 1. The van der Waals surface area contributed by atoms with E-state index >= 15 is 0 Å². The van der Waals surface area contributed by atoms with Crippen molar-refractivity contribution in [2.75, 3.05) is 13.1 Å². The Balaban J connectivity index is 1.72. The number of aryl methyl sites for hydroxylation is 2. The first kappa shape index (κ1) is 12.4. The fourth-order valence-electron chi connectivity index (χ4n) is 3.13. The van der Waals surface area contributed by atoms with E-state index in [1.165, 1.54) is 17.5 Å². The monoisotopic (exact) mass is 257 g/mol. The van der Waals surface area contributed by atoms with E-state index in [-0.39, 0.29) is 18.2 Å². The number of rotatable bonds is 3. The fourth-order valence-corrected chi connectivity index (χ4v) is 3.13. The van der Waals surface area contributed by atoms with Crippen molar-refractivity contribution in [1.29, 1.82) is 0 Å². The molecule has 1 amide bonds. The number of Topliss-reactive ketones (excluding diaryl/α,β-unsaturated/α-hetero) is 1. The summed E-state index contributed by atoms with van der Waals surface area (Å²) in [7, 11) is 0. The van der Waals surface area contributed by atoms with Crippen molar-refractivity contribution in [3.63, 3.8) is 0 Å². The number of hydrogen-bond donors (Lipinski definition) is 0. The Kier molecular flexibility index (Phi) is 3.13. The second kappa shape index (κ2) is 4.80. The molecule has 1 aliphatic heterocycles. The van der Waals surface area contributed by atoms with Crippen LogP contribution in [0.15, 0.2) is 18.2 Å². The Morgan fingerprint density at radius 1 is 1.32 bits per heavy atom. The highest BCUT2D eigenvalue weighted by atomic mass is 16.2. The number of likely N-dealkylation sites (tertiary alicyclic amines) is 1. The quantitative estimate of drug-likeness (QED) is 0.779. The molecule has 3 nitrogen and oxygen atoms in total. The highest BCUT2D eigenvalue weighted by molar-refractivity contribution is 5.99. The zero-order valence-electron chi connectivity index (χ0n) is 11.3. The van der Waals surface area contributed by atoms with E-state index in [4.69, 9.17) is 0 Å². The standard InChI is InChI=1S/C16H19NO2/c1-11-7-16(19)17(9-11)10-15(18)14-6-5-12-3-2-4-13(12)8-14/h5-6,8,11H,2-4,7,9-10H2,1H3. The van der Waals surface area contributed by atoms with Crippen LogP contribution in [0.3, 0.4) is 0 Å². The molecule has 0 bridgehead atoms. The molecule has 1 aromatic rings. The third-order valence-electron chi connectivity index (χ3n) is 4.16. The summed E-state index contributed by atoms with van der Waals surface area (Å²) in [6, 6.07) is 6.01. The Hall–Kier alpha value is -1.64. The van der Waals surface area contributed by atoms with Crippen molar-refractivity contribution >= 4 is 11.7 Å². The molecule has 0 N–H and O–H groups in total. The molecule has 0 spiro atoms. The van der Waals surface area contributed by atoms with Crippen LogP contribution in [-0.4, -0.2) is 29.7 Å². The van der Waals surface area contributed by atoms with Crippen LogP contribution in [0, 0.1) is 5.92 Å². The first-order valence-electron chi connectivity index (χ1n) is 7.06. The summed E-state index contributed by atoms with van der Waals surface area (Å²) in [6.45, 7) is 3.01. The van der Waals surface area contributed by atoms with E-state index in [9.17, 15) is 9.59 Å². The van der Waals surface area contributed by atoms with Gasteiger partial charge in [-0.15, -0.1) is 0 Å². The minimum Gasteiger partial charge on any atom is -0.335 e. The van der Waals surface area contributed by atoms with Gasteiger partial charge in [0.25, 0.3) is 0 Å². The van der Waals surface area contributed by atoms with Gasteiger partial charge in [-0.05, 0) is 42.4 Å². The van der Waals surface area contributed by atoms with Gasteiger partial charge >= 0.3 is 0 Å². The minimum atomic E-state index is 0.0668. The van der Waals surface area contributed by atoms with Crippen molar-refractivity contribution in [2.45, 2.75) is 32.6 Å². The highest BCUT2D eigenvalue weighted by Gasteiger charge is 2.28. The molecule has 0 aromatic heterocycles. The van der Waals surface area contributed by atoms with E-state index < -0.39 is 0 Å². The maximum atomic E-state index is 12.3. The molecule has 1 aliphatic carbocycles. The van der Waals surface area contributed by atoms with E-state index in [1.54, 1.807) is 4.90 Å². The smallest absolute Gasteiger partial charge is 0.223 e. The van der Waals surface area contributed by atoms with Crippen LogP contribution in [0.2, 0.25) is 0 Å². The third kappa shape index (κ3) is 2.42. The van der Waals surface area contributed by atoms with Crippen molar-refractivity contribution < 1.29 is 9.59 Å². The number of benzene rings is 1. The van der Waals surface area contributed by atoms with E-state index in [0.29, 0.717) is 12.3 Å². The molecule has 3 heteroatoms. The Labute approximate surface area is 113 Å². The van der Waals surface area contributed by atoms with Gasteiger partial charge in [-0.25, -0.2) is 0 Å². The molecule has 1 unspecified atom stereocenters. The number of carbonyl (C=O) groups is 2. The van der Waals surface area contributed by atoms with Gasteiger partial charge in [-0.2, -0.15) is 0 Å². The van der Waals surface area contributed by atoms with Crippen LogP contribution in [0.1, 0.15) is 41.3 Å². The lowest BCUT2D eigenvalue weighted by Crippen LogP contribution is -2.31. The second-order valence-corrected chi connectivity index (χ2v) is 5.84. The summed E-state index contributed by atoms with van der Waals surface area (Å²) >= 11 is 0. The SMILES string of the molecule is CC1CC(=O)N(CC(=O)c2ccc3c(c2)CCC3)C1. The first-order chi connectivity index (χ1) is 9.13. The molecule has 1 atom stereocenters. The predicted molar refractivity (Wildman–Crippen MR) is 73.2 cm³/mol. The van der Waals surface area contributed by atoms with Crippen LogP contribution in [0.25, 0.3) is 0 Å². The number of hydrogen-bond acceptors (Lipinski definition) is 2. The second-order valence-electron chi connectivity index (χ2n) is 5.84. The van der Waals surface area contributed by atoms with Gasteiger partial charge in [0.05, 0.1) is 6.54 Å². The predicted octanol–water partition coefficient (Wildman–Crippen LogP) is 2.23. The van der Waals surface area contributed by atoms with Crippen molar-refractivity contribution in [3.05, 3.63) is 34.9 Å². The Morgan fingerprint density at radius 3 is 2.84 bits per heavy atom. The van der Waals surface area contributed by atoms with E-state index in [2.05, 4.69) is 13.0 Å². The zero-order valence-corrected chi connectivity index (χ0v) is 11.3. The average molecular weight is 257 g/mol. The van der Waals surface area contributed by atoms with Gasteiger partial charge < -0.3 is 4.90 Å². The molecule has 2 aliphatic rings. The first-order valence-corrected chi connectivity index (χ1v) is 7.06. The van der Waals surface area contributed by atoms with E-state index in [1.807, 2.05) is 12.1 Å². The fraction of sp³-hybridized carbons (Fsp3) is 0.500. The third-order valence-corrected chi connectivity index (χ3v) is 4.16. The van der Waals surface area contributed by atoms with Crippen LogP contribution < -0.4 is 0 Å². The molecule has 19 heavy (non-hydrogen) atoms. The largest absolute Gasteiger partial charge is 0.335 e. The van der Waals surface area contributed by atoms with Crippen LogP contribution in [-0.2, 0) is 17.6 Å². The van der Waals surface area contributed by atoms with Crippen LogP contribution in [0.5, 0.6) is 0 Å². The number of carbonyl (C=O) groups excluding carboxylic acids is 2. The van der Waals surface area contributed by atoms with Crippen LogP contribution >= 0.6 is 0 Å². The van der Waals surface area contributed by atoms with Gasteiger partial charge in [-0.1, -0.05) is 19.1 Å². The van der Waals surface area contributed by atoms with Gasteiger partial charge in [0, 0.05) is 18.5 Å². The molecule has 3 rings (SSSR count). The number of fused-ring (bicyclic) bond motifs is 1. The topological polar surface area (TPSA) is 37.4 Å². The number of amides is 1. The summed E-state index contributed by atoms with van der Waals surface area (Å²) in [6.07, 6.45) is 3.98. The van der Waals surface area contributed by atoms with Gasteiger partial charge in [-0.3, -0.25) is 9.59 Å². The molecular formula is C16H19NO2. The van der Waals surface area contributed by atoms with Gasteiger partial charge in [0.15, 0.2) is 5.78 Å². The lowest BCUT2D eigenvalue weighted by Gasteiger charge is -2.15. The molecule has 0 saturated carbocycles. The van der Waals surface area contributed by atoms with Crippen molar-refractivity contribution in [3.8, 4) is 0 Å². The normalized spacial score (nSPS) is 21.8. The average Bonchev–Trinajstić information content (AvgIpc) is 2.95. The van der Waals surface area contributed by atoms with Gasteiger partial charge in [0.2, 0.25) is 5.91 Å². The Bertz CT molecular complexity index is 536. The maximum absolute atomic E-state index is 12.3. The summed E-state index contributed by atoms with van der Waals surface area (Å²) in [5.41, 5.74) is 3.45. The molecule has 1 saturated heterocycles. The molecule has 1 fully saturated rings. The molecule has 1 heterocycles. The molecule has 100 valence electrons. The summed E-state index contributed by atoms with van der Waals surface area (Å²) in [5.74, 6) is 0.555. The van der Waals surface area contributed by atoms with E-state index in [0.717, 1.165) is 24.9 Å². The maximum Gasteiger partial charge on any atom is 0.223 e. The summed E-state index contributed by atoms with van der Waals surface area (Å²) < 4.78 is 0. The summed E-state index contributed by atoms with van der Waals surface area (Å²) in [4.78, 5) is 25.7. The zero-order chi connectivity index (χ0) is 13.4. The molecule has 1 aromatic carbocycles. The van der Waals surface area contributed by atoms with Crippen molar-refractivity contribution in [2.24, 2.45) is 5.92 Å².